The third kappa shape index (κ3) is 12.0. The van der Waals surface area contributed by atoms with Gasteiger partial charge in [-0.15, -0.1) is 0 Å². The summed E-state index contributed by atoms with van der Waals surface area (Å²) in [4.78, 5) is 5.72. The molecule has 0 bridgehead atoms. The van der Waals surface area contributed by atoms with Crippen molar-refractivity contribution in [3.05, 3.63) is 0 Å². The molecule has 0 aromatic carbocycles. The Morgan fingerprint density at radius 1 is 1.32 bits per heavy atom. The number of nitrogens with one attached hydrogen (secondary N) is 2. The van der Waals surface area contributed by atoms with Crippen molar-refractivity contribution >= 4 is 5.96 Å². The van der Waals surface area contributed by atoms with E-state index in [4.69, 9.17) is 9.47 Å². The molecule has 6 nitrogen and oxygen atoms in total. The van der Waals surface area contributed by atoms with Crippen LogP contribution in [0.2, 0.25) is 0 Å². The Labute approximate surface area is 148 Å². The number of ether oxygens (including phenoxy) is 2. The molecule has 1 heterocycles. The third-order valence-electron chi connectivity index (χ3n) is 3.62. The number of hydrogen-bond donors (Lipinski definition) is 2. The molecule has 9 heteroatoms. The monoisotopic (exact) mass is 368 g/mol. The summed E-state index contributed by atoms with van der Waals surface area (Å²) in [5.41, 5.74) is 0. The largest absolute Gasteiger partial charge is 0.401 e. The second-order valence-corrected chi connectivity index (χ2v) is 6.10. The molecule has 0 aromatic rings. The van der Waals surface area contributed by atoms with Crippen LogP contribution in [0, 0.1) is 0 Å². The summed E-state index contributed by atoms with van der Waals surface area (Å²) in [6, 6.07) is 0. The average molecular weight is 368 g/mol. The van der Waals surface area contributed by atoms with Gasteiger partial charge in [0, 0.05) is 32.8 Å². The van der Waals surface area contributed by atoms with Crippen LogP contribution in [-0.2, 0) is 9.47 Å². The van der Waals surface area contributed by atoms with Gasteiger partial charge in [0.1, 0.15) is 0 Å². The molecule has 1 atom stereocenters. The van der Waals surface area contributed by atoms with Crippen molar-refractivity contribution < 1.29 is 22.6 Å². The minimum Gasteiger partial charge on any atom is -0.379 e. The van der Waals surface area contributed by atoms with E-state index in [-0.39, 0.29) is 6.10 Å². The number of halogens is 3. The second-order valence-electron chi connectivity index (χ2n) is 6.10. The van der Waals surface area contributed by atoms with Gasteiger partial charge in [-0.3, -0.25) is 9.89 Å². The Balaban J connectivity index is 2.12. The highest BCUT2D eigenvalue weighted by Gasteiger charge is 2.28. The molecule has 1 aliphatic heterocycles. The first kappa shape index (κ1) is 22.0. The Kier molecular flexibility index (Phi) is 10.8. The highest BCUT2D eigenvalue weighted by atomic mass is 19.4. The standard InChI is InChI=1S/C16H31F3N4O2/c1-3-20-15(21-7-4-9-23(2)13-16(17,18)19)22-8-5-10-25-14-6-11-24-12-14/h14H,3-13H2,1-2H3,(H2,20,21,22). The Morgan fingerprint density at radius 2 is 2.12 bits per heavy atom. The van der Waals surface area contributed by atoms with Crippen molar-refractivity contribution in [1.82, 2.24) is 15.5 Å². The lowest BCUT2D eigenvalue weighted by molar-refractivity contribution is -0.143. The SMILES string of the molecule is CCNC(=NCCCOC1CCOC1)NCCCN(C)CC(F)(F)F. The van der Waals surface area contributed by atoms with Gasteiger partial charge in [0.05, 0.1) is 19.3 Å². The predicted octanol–water partition coefficient (Wildman–Crippen LogP) is 1.62. The summed E-state index contributed by atoms with van der Waals surface area (Å²) in [6.07, 6.45) is -1.55. The summed E-state index contributed by atoms with van der Waals surface area (Å²) in [7, 11) is 1.47. The van der Waals surface area contributed by atoms with E-state index >= 15 is 0 Å². The van der Waals surface area contributed by atoms with E-state index in [2.05, 4.69) is 15.6 Å². The smallest absolute Gasteiger partial charge is 0.379 e. The van der Waals surface area contributed by atoms with Gasteiger partial charge < -0.3 is 20.1 Å². The van der Waals surface area contributed by atoms with Crippen molar-refractivity contribution in [3.63, 3.8) is 0 Å². The minimum absolute atomic E-state index is 0.212. The maximum atomic E-state index is 12.2. The van der Waals surface area contributed by atoms with Gasteiger partial charge in [-0.05, 0) is 39.8 Å². The van der Waals surface area contributed by atoms with Crippen LogP contribution in [0.4, 0.5) is 13.2 Å². The molecule has 148 valence electrons. The van der Waals surface area contributed by atoms with E-state index in [0.29, 0.717) is 45.2 Å². The van der Waals surface area contributed by atoms with E-state index in [1.165, 1.54) is 11.9 Å². The molecule has 0 spiro atoms. The highest BCUT2D eigenvalue weighted by Crippen LogP contribution is 2.15. The van der Waals surface area contributed by atoms with Gasteiger partial charge in [-0.2, -0.15) is 13.2 Å². The maximum absolute atomic E-state index is 12.2. The number of hydrogen-bond acceptors (Lipinski definition) is 4. The summed E-state index contributed by atoms with van der Waals surface area (Å²) in [5.74, 6) is 0.685. The van der Waals surface area contributed by atoms with E-state index in [0.717, 1.165) is 26.0 Å². The van der Waals surface area contributed by atoms with E-state index < -0.39 is 12.7 Å². The van der Waals surface area contributed by atoms with Crippen molar-refractivity contribution in [2.45, 2.75) is 38.5 Å². The Hall–Kier alpha value is -1.06. The van der Waals surface area contributed by atoms with Crippen LogP contribution in [0.3, 0.4) is 0 Å². The molecule has 0 amide bonds. The van der Waals surface area contributed by atoms with Crippen molar-refractivity contribution in [2.24, 2.45) is 4.99 Å². The van der Waals surface area contributed by atoms with Crippen molar-refractivity contribution in [2.75, 3.05) is 59.6 Å². The van der Waals surface area contributed by atoms with Gasteiger partial charge in [-0.25, -0.2) is 0 Å². The van der Waals surface area contributed by atoms with Gasteiger partial charge >= 0.3 is 6.18 Å². The summed E-state index contributed by atoms with van der Waals surface area (Å²) in [5, 5.41) is 6.27. The zero-order chi connectivity index (χ0) is 18.5. The molecule has 1 saturated heterocycles. The molecule has 0 aromatic heterocycles. The lowest BCUT2D eigenvalue weighted by Crippen LogP contribution is -2.39. The van der Waals surface area contributed by atoms with Crippen molar-refractivity contribution in [1.29, 1.82) is 0 Å². The van der Waals surface area contributed by atoms with Crippen LogP contribution in [0.5, 0.6) is 0 Å². The minimum atomic E-state index is -4.15. The van der Waals surface area contributed by atoms with E-state index in [1.807, 2.05) is 6.92 Å². The number of alkyl halides is 3. The molecule has 1 rings (SSSR count). The molecule has 0 radical (unpaired) electrons. The zero-order valence-corrected chi connectivity index (χ0v) is 15.2. The summed E-state index contributed by atoms with van der Waals surface area (Å²) in [6.45, 7) is 5.51. The highest BCUT2D eigenvalue weighted by molar-refractivity contribution is 5.79. The third-order valence-corrected chi connectivity index (χ3v) is 3.62. The molecule has 1 aliphatic rings. The van der Waals surface area contributed by atoms with E-state index in [1.54, 1.807) is 0 Å². The number of guanidine groups is 1. The first-order valence-corrected chi connectivity index (χ1v) is 8.87. The molecular formula is C16H31F3N4O2. The Bertz CT molecular complexity index is 375. The van der Waals surface area contributed by atoms with Gasteiger partial charge in [0.25, 0.3) is 0 Å². The molecular weight excluding hydrogens is 337 g/mol. The summed E-state index contributed by atoms with van der Waals surface area (Å²) < 4.78 is 47.6. The lowest BCUT2D eigenvalue weighted by Gasteiger charge is -2.19. The fourth-order valence-electron chi connectivity index (χ4n) is 2.43. The van der Waals surface area contributed by atoms with Crippen LogP contribution >= 0.6 is 0 Å². The first-order valence-electron chi connectivity index (χ1n) is 8.87. The molecule has 0 aliphatic carbocycles. The van der Waals surface area contributed by atoms with Crippen LogP contribution in [0.25, 0.3) is 0 Å². The van der Waals surface area contributed by atoms with Gasteiger partial charge in [-0.1, -0.05) is 0 Å². The number of rotatable bonds is 11. The maximum Gasteiger partial charge on any atom is 0.401 e. The summed E-state index contributed by atoms with van der Waals surface area (Å²) >= 11 is 0. The van der Waals surface area contributed by atoms with Crippen LogP contribution in [0.15, 0.2) is 4.99 Å². The lowest BCUT2D eigenvalue weighted by atomic mass is 10.3. The number of nitrogens with zero attached hydrogens (tertiary/aromatic N) is 2. The second kappa shape index (κ2) is 12.3. The quantitative estimate of drug-likeness (QED) is 0.330. The molecule has 1 fully saturated rings. The molecule has 0 saturated carbocycles. The van der Waals surface area contributed by atoms with Crippen LogP contribution < -0.4 is 10.6 Å². The molecule has 2 N–H and O–H groups in total. The van der Waals surface area contributed by atoms with Gasteiger partial charge in [0.15, 0.2) is 5.96 Å². The normalized spacial score (nSPS) is 18.8. The van der Waals surface area contributed by atoms with E-state index in [9.17, 15) is 13.2 Å². The fourth-order valence-corrected chi connectivity index (χ4v) is 2.43. The Morgan fingerprint density at radius 3 is 2.76 bits per heavy atom. The number of aliphatic imine (C=N–C) groups is 1. The molecule has 25 heavy (non-hydrogen) atoms. The van der Waals surface area contributed by atoms with Gasteiger partial charge in [0.2, 0.25) is 0 Å². The molecule has 1 unspecified atom stereocenters. The van der Waals surface area contributed by atoms with Crippen LogP contribution in [0.1, 0.15) is 26.2 Å². The average Bonchev–Trinajstić information content (AvgIpc) is 3.02. The fraction of sp³-hybridized carbons (Fsp3) is 0.938. The zero-order valence-electron chi connectivity index (χ0n) is 15.2. The first-order chi connectivity index (χ1) is 11.9. The topological polar surface area (TPSA) is 58.1 Å². The predicted molar refractivity (Wildman–Crippen MR) is 91.9 cm³/mol. The van der Waals surface area contributed by atoms with Crippen LogP contribution in [-0.4, -0.2) is 82.7 Å². The van der Waals surface area contributed by atoms with Crippen molar-refractivity contribution in [3.8, 4) is 0 Å².